The van der Waals surface area contributed by atoms with E-state index < -0.39 is 0 Å². The third kappa shape index (κ3) is 10.6. The molecule has 0 N–H and O–H groups in total. The van der Waals surface area contributed by atoms with E-state index in [0.29, 0.717) is 0 Å². The van der Waals surface area contributed by atoms with Gasteiger partial charge >= 0.3 is 0 Å². The molecule has 0 bridgehead atoms. The molecule has 0 aliphatic heterocycles. The van der Waals surface area contributed by atoms with Gasteiger partial charge in [-0.3, -0.25) is 0 Å². The number of benzene rings is 5. The van der Waals surface area contributed by atoms with Gasteiger partial charge in [-0.25, -0.2) is 0 Å². The van der Waals surface area contributed by atoms with E-state index in [1.54, 1.807) is 13.4 Å². The Morgan fingerprint density at radius 1 is 0.619 bits per heavy atom. The first-order chi connectivity index (χ1) is 18.8. The molecule has 0 fully saturated rings. The summed E-state index contributed by atoms with van der Waals surface area (Å²) >= 11 is 0. The first-order valence-electron chi connectivity index (χ1n) is 13.2. The average molecular weight is 605 g/mol. The summed E-state index contributed by atoms with van der Waals surface area (Å²) in [5.41, 5.74) is 9.59. The van der Waals surface area contributed by atoms with Crippen LogP contribution in [0.1, 0.15) is 53.8 Å². The van der Waals surface area contributed by atoms with E-state index in [9.17, 15) is 0 Å². The zero-order valence-corrected chi connectivity index (χ0v) is 24.0. The van der Waals surface area contributed by atoms with Crippen LogP contribution in [-0.2, 0) is 30.4 Å². The van der Waals surface area contributed by atoms with Crippen LogP contribution in [0.4, 0.5) is 0 Å². The molecule has 0 amide bonds. The van der Waals surface area contributed by atoms with Gasteiger partial charge in [0.25, 0.3) is 0 Å². The van der Waals surface area contributed by atoms with Crippen molar-refractivity contribution < 1.29 is 80.2 Å². The second-order valence-corrected chi connectivity index (χ2v) is 9.52. The van der Waals surface area contributed by atoms with Crippen molar-refractivity contribution in [2.24, 2.45) is 0 Å². The monoisotopic (exact) mass is 604 g/mol. The summed E-state index contributed by atoms with van der Waals surface area (Å²) in [5, 5.41) is 2.71. The zero-order valence-electron chi connectivity index (χ0n) is 22.6. The summed E-state index contributed by atoms with van der Waals surface area (Å²) in [5.74, 6) is 6.44. The van der Waals surface area contributed by atoms with Gasteiger partial charge in [0.2, 0.25) is 0 Å². The van der Waals surface area contributed by atoms with Crippen LogP contribution in [0.25, 0.3) is 10.8 Å². The Kier molecular flexibility index (Phi) is 18.1. The van der Waals surface area contributed by atoms with Crippen LogP contribution in [0.2, 0.25) is 0 Å². The largest absolute Gasteiger partial charge is 0.505 e. The number of ether oxygens (including phenoxy) is 1. The van der Waals surface area contributed by atoms with Crippen molar-refractivity contribution in [3.05, 3.63) is 167 Å². The Labute approximate surface area is 313 Å². The van der Waals surface area contributed by atoms with Crippen molar-refractivity contribution in [2.75, 3.05) is 7.11 Å². The summed E-state index contributed by atoms with van der Waals surface area (Å²) in [6.45, 7) is 0. The first-order valence-corrected chi connectivity index (χ1v) is 13.2. The SMILES string of the molecule is C.C.COC=CCc1ccccc1CC#Cc1ccccc1.[Ar].[Ar].c1ccc2c(c1)Cc1cc3ccccc3cc1C2. The van der Waals surface area contributed by atoms with E-state index in [2.05, 4.69) is 96.8 Å². The van der Waals surface area contributed by atoms with Gasteiger partial charge in [0.05, 0.1) is 13.4 Å². The molecule has 3 heteroatoms. The minimum atomic E-state index is 0. The fourth-order valence-electron chi connectivity index (χ4n) is 4.94. The maximum absolute atomic E-state index is 4.93. The van der Waals surface area contributed by atoms with Gasteiger partial charge in [0.15, 0.2) is 0 Å². The van der Waals surface area contributed by atoms with Crippen molar-refractivity contribution >= 4 is 10.8 Å². The molecule has 0 aromatic heterocycles. The summed E-state index contributed by atoms with van der Waals surface area (Å²) < 4.78 is 4.93. The molecule has 0 spiro atoms. The Morgan fingerprint density at radius 2 is 1.12 bits per heavy atom. The van der Waals surface area contributed by atoms with Crippen molar-refractivity contribution in [1.29, 1.82) is 0 Å². The van der Waals surface area contributed by atoms with Crippen molar-refractivity contribution in [2.45, 2.75) is 40.5 Å². The van der Waals surface area contributed by atoms with Gasteiger partial charge in [-0.1, -0.05) is 130 Å². The normalized spacial score (nSPS) is 10.4. The van der Waals surface area contributed by atoms with Crippen LogP contribution in [0.5, 0.6) is 0 Å². The number of hydrogen-bond acceptors (Lipinski definition) is 1. The third-order valence-corrected chi connectivity index (χ3v) is 6.92. The molecule has 0 saturated carbocycles. The molecule has 1 aliphatic carbocycles. The molecule has 218 valence electrons. The van der Waals surface area contributed by atoms with Crippen LogP contribution in [0, 0.1) is 87.3 Å². The second kappa shape index (κ2) is 20.0. The van der Waals surface area contributed by atoms with Crippen LogP contribution < -0.4 is 0 Å². The molecule has 0 atom stereocenters. The van der Waals surface area contributed by atoms with E-state index in [1.165, 1.54) is 44.2 Å². The van der Waals surface area contributed by atoms with Crippen molar-refractivity contribution in [1.82, 2.24) is 0 Å². The molecule has 6 rings (SSSR count). The van der Waals surface area contributed by atoms with Gasteiger partial charge in [-0.05, 0) is 81.6 Å². The second-order valence-electron chi connectivity index (χ2n) is 9.52. The summed E-state index contributed by atoms with van der Waals surface area (Å²) in [6, 6.07) is 40.6. The Morgan fingerprint density at radius 3 is 1.69 bits per heavy atom. The molecule has 0 saturated heterocycles. The molecule has 42 heavy (non-hydrogen) atoms. The minimum absolute atomic E-state index is 0. The number of hydrogen-bond donors (Lipinski definition) is 0. The number of methoxy groups -OCH3 is 1. The molecule has 1 aliphatic rings. The van der Waals surface area contributed by atoms with Crippen LogP contribution in [0.3, 0.4) is 0 Å². The summed E-state index contributed by atoms with van der Waals surface area (Å²) in [4.78, 5) is 0. The van der Waals surface area contributed by atoms with Gasteiger partial charge in [-0.15, -0.1) is 0 Å². The van der Waals surface area contributed by atoms with Gasteiger partial charge in [0.1, 0.15) is 0 Å². The topological polar surface area (TPSA) is 9.23 Å². The minimum Gasteiger partial charge on any atom is -0.505 e. The third-order valence-electron chi connectivity index (χ3n) is 6.92. The van der Waals surface area contributed by atoms with E-state index in [4.69, 9.17) is 4.74 Å². The van der Waals surface area contributed by atoms with Crippen LogP contribution >= 0.6 is 0 Å². The smallest absolute Gasteiger partial charge is 0.0788 e. The molecular formula is C39H40Ar2O. The number of allylic oxidation sites excluding steroid dienone is 1. The number of fused-ring (bicyclic) bond motifs is 3. The fourth-order valence-corrected chi connectivity index (χ4v) is 4.94. The predicted octanol–water partition coefficient (Wildman–Crippen LogP) is 9.59. The molecule has 5 aromatic carbocycles. The van der Waals surface area contributed by atoms with Gasteiger partial charge < -0.3 is 4.74 Å². The van der Waals surface area contributed by atoms with Crippen LogP contribution in [0.15, 0.2) is 128 Å². The quantitative estimate of drug-likeness (QED) is 0.144. The summed E-state index contributed by atoms with van der Waals surface area (Å²) in [6.07, 6.45) is 7.53. The maximum Gasteiger partial charge on any atom is 0.0788 e. The average Bonchev–Trinajstić information content (AvgIpc) is 2.97. The van der Waals surface area contributed by atoms with E-state index in [0.717, 1.165) is 31.2 Å². The molecule has 1 nitrogen and oxygen atoms in total. The molecule has 0 radical (unpaired) electrons. The van der Waals surface area contributed by atoms with E-state index in [-0.39, 0.29) is 90.3 Å². The van der Waals surface area contributed by atoms with Gasteiger partial charge in [0, 0.05) is 87.5 Å². The van der Waals surface area contributed by atoms with Gasteiger partial charge in [-0.2, -0.15) is 0 Å². The fraction of sp³-hybridized carbons (Fsp3) is 0.179. The molecule has 0 unspecified atom stereocenters. The first kappa shape index (κ1) is 38.0. The standard InChI is InChI=1S/C19H18O.C18H14.2CH4.2Ar/c1-20-16-8-15-19-13-6-5-12-18(19)14-7-11-17-9-3-2-4-10-17;1-2-6-14-10-18-12-16-8-4-3-7-15(16)11-17(18)9-13(14)5-1;;;;/h2-6,8-10,12-13,16H,14-15H2,1H3;1-10H,11-12H2;2*1H4;;. The van der Waals surface area contributed by atoms with E-state index >= 15 is 0 Å². The maximum atomic E-state index is 4.93. The molecule has 0 heterocycles. The molecular weight excluding hydrogens is 564 g/mol. The predicted molar refractivity (Wildman–Crippen MR) is 173 cm³/mol. The van der Waals surface area contributed by atoms with Crippen molar-refractivity contribution in [3.8, 4) is 11.8 Å². The zero-order chi connectivity index (χ0) is 26.0. The van der Waals surface area contributed by atoms with Crippen molar-refractivity contribution in [3.63, 3.8) is 0 Å². The molecule has 5 aromatic rings. The Bertz CT molecular complexity index is 1550. The Balaban J connectivity index is 0.000000384. The van der Waals surface area contributed by atoms with Crippen LogP contribution in [-0.4, -0.2) is 7.11 Å². The van der Waals surface area contributed by atoms with E-state index in [1.807, 2.05) is 36.4 Å². The summed E-state index contributed by atoms with van der Waals surface area (Å²) in [7, 11) is 1.66. The Hall–Kier alpha value is -2.02. The number of rotatable bonds is 4.